The molecule has 0 spiro atoms. The largest absolute Gasteiger partial charge is 0.450 e. The molecule has 0 aliphatic heterocycles. The van der Waals surface area contributed by atoms with E-state index in [2.05, 4.69) is 15.9 Å². The molecule has 0 saturated heterocycles. The van der Waals surface area contributed by atoms with Crippen LogP contribution in [0.4, 0.5) is 0 Å². The van der Waals surface area contributed by atoms with E-state index in [0.717, 1.165) is 0 Å². The zero-order chi connectivity index (χ0) is 14.1. The van der Waals surface area contributed by atoms with Crippen molar-refractivity contribution in [2.75, 3.05) is 7.05 Å². The normalized spacial score (nSPS) is 14.4. The van der Waals surface area contributed by atoms with Crippen LogP contribution in [0.25, 0.3) is 0 Å². The molecule has 18 heavy (non-hydrogen) atoms. The third kappa shape index (κ3) is 2.96. The lowest BCUT2D eigenvalue weighted by molar-refractivity contribution is 0.245. The number of aliphatic hydroxyl groups excluding tert-OH is 1. The molecule has 1 aromatic rings. The lowest BCUT2D eigenvalue weighted by atomic mass is 10.1. The van der Waals surface area contributed by atoms with Crippen molar-refractivity contribution in [3.05, 3.63) is 16.5 Å². The molecule has 1 rings (SSSR count). The molecule has 1 atom stereocenters. The van der Waals surface area contributed by atoms with Gasteiger partial charge >= 0.3 is 0 Å². The minimum atomic E-state index is -3.62. The van der Waals surface area contributed by atoms with Gasteiger partial charge in [-0.2, -0.15) is 4.31 Å². The number of aliphatic hydroxyl groups is 1. The van der Waals surface area contributed by atoms with Crippen LogP contribution in [0.1, 0.15) is 26.5 Å². The zero-order valence-corrected chi connectivity index (χ0v) is 13.2. The Morgan fingerprint density at radius 2 is 2.00 bits per heavy atom. The van der Waals surface area contributed by atoms with Gasteiger partial charge in [0.05, 0.1) is 0 Å². The minimum Gasteiger partial charge on any atom is -0.450 e. The number of hydrogen-bond donors (Lipinski definition) is 1. The SMILES string of the molecule is CC(C)C(C)N(C)S(=O)(=O)c1cc(CO)oc1Br. The van der Waals surface area contributed by atoms with Crippen LogP contribution in [0.15, 0.2) is 20.0 Å². The Labute approximate surface area is 116 Å². The maximum Gasteiger partial charge on any atom is 0.247 e. The van der Waals surface area contributed by atoms with E-state index < -0.39 is 10.0 Å². The molecule has 104 valence electrons. The van der Waals surface area contributed by atoms with E-state index in [4.69, 9.17) is 9.52 Å². The summed E-state index contributed by atoms with van der Waals surface area (Å²) in [4.78, 5) is 0.0431. The molecule has 5 nitrogen and oxygen atoms in total. The highest BCUT2D eigenvalue weighted by molar-refractivity contribution is 9.10. The number of nitrogens with zero attached hydrogens (tertiary/aromatic N) is 1. The Morgan fingerprint density at radius 3 is 2.39 bits per heavy atom. The average Bonchev–Trinajstić information content (AvgIpc) is 2.69. The molecule has 1 heterocycles. The fourth-order valence-corrected chi connectivity index (χ4v) is 3.90. The van der Waals surface area contributed by atoms with Crippen molar-refractivity contribution in [3.8, 4) is 0 Å². The Morgan fingerprint density at radius 1 is 1.44 bits per heavy atom. The summed E-state index contributed by atoms with van der Waals surface area (Å²) in [7, 11) is -2.08. The fraction of sp³-hybridized carbons (Fsp3) is 0.636. The molecule has 0 fully saturated rings. The van der Waals surface area contributed by atoms with Crippen molar-refractivity contribution in [1.29, 1.82) is 0 Å². The summed E-state index contributed by atoms with van der Waals surface area (Å²) in [5.41, 5.74) is 0. The van der Waals surface area contributed by atoms with Gasteiger partial charge in [-0.25, -0.2) is 8.42 Å². The van der Waals surface area contributed by atoms with Crippen molar-refractivity contribution in [2.45, 2.75) is 38.3 Å². The first-order chi connectivity index (χ1) is 8.21. The van der Waals surface area contributed by atoms with Crippen LogP contribution in [-0.4, -0.2) is 30.9 Å². The molecule has 1 unspecified atom stereocenters. The van der Waals surface area contributed by atoms with Gasteiger partial charge in [-0.05, 0) is 28.8 Å². The number of rotatable bonds is 5. The third-order valence-corrected chi connectivity index (χ3v) is 5.86. The van der Waals surface area contributed by atoms with Crippen LogP contribution in [0.3, 0.4) is 0 Å². The third-order valence-electron chi connectivity index (χ3n) is 3.06. The van der Waals surface area contributed by atoms with Crippen molar-refractivity contribution >= 4 is 26.0 Å². The fourth-order valence-electron chi connectivity index (χ4n) is 1.45. The van der Waals surface area contributed by atoms with E-state index in [9.17, 15) is 8.42 Å². The summed E-state index contributed by atoms with van der Waals surface area (Å²) in [6.45, 7) is 5.43. The van der Waals surface area contributed by atoms with E-state index >= 15 is 0 Å². The van der Waals surface area contributed by atoms with Crippen LogP contribution in [0, 0.1) is 5.92 Å². The maximum absolute atomic E-state index is 12.4. The second-order valence-corrected chi connectivity index (χ2v) is 7.20. The van der Waals surface area contributed by atoms with E-state index in [1.165, 1.54) is 17.4 Å². The number of halogens is 1. The molecule has 0 bridgehead atoms. The van der Waals surface area contributed by atoms with Crippen LogP contribution < -0.4 is 0 Å². The van der Waals surface area contributed by atoms with Gasteiger partial charge in [0.1, 0.15) is 17.3 Å². The predicted molar refractivity (Wildman–Crippen MR) is 71.6 cm³/mol. The van der Waals surface area contributed by atoms with E-state index in [1.807, 2.05) is 20.8 Å². The molecule has 0 radical (unpaired) electrons. The van der Waals surface area contributed by atoms with Crippen molar-refractivity contribution in [2.24, 2.45) is 5.92 Å². The van der Waals surface area contributed by atoms with E-state index in [-0.39, 0.29) is 33.9 Å². The van der Waals surface area contributed by atoms with Gasteiger partial charge in [-0.1, -0.05) is 13.8 Å². The van der Waals surface area contributed by atoms with Crippen LogP contribution in [-0.2, 0) is 16.6 Å². The summed E-state index contributed by atoms with van der Waals surface area (Å²) in [6.07, 6.45) is 0. The summed E-state index contributed by atoms with van der Waals surface area (Å²) in [6, 6.07) is 1.21. The molecular formula is C11H18BrNO4S. The first kappa shape index (κ1) is 15.7. The zero-order valence-electron chi connectivity index (χ0n) is 10.8. The molecule has 0 aromatic carbocycles. The Balaban J connectivity index is 3.17. The number of hydrogen-bond acceptors (Lipinski definition) is 4. The van der Waals surface area contributed by atoms with Crippen LogP contribution in [0.5, 0.6) is 0 Å². The first-order valence-electron chi connectivity index (χ1n) is 5.59. The Bertz CT molecular complexity index is 509. The standard InChI is InChI=1S/C11H18BrNO4S/c1-7(2)8(3)13(4)18(15,16)10-5-9(6-14)17-11(10)12/h5,7-8,14H,6H2,1-4H3. The van der Waals surface area contributed by atoms with Gasteiger partial charge in [0.2, 0.25) is 10.0 Å². The molecular weight excluding hydrogens is 322 g/mol. The highest BCUT2D eigenvalue weighted by atomic mass is 79.9. The smallest absolute Gasteiger partial charge is 0.247 e. The first-order valence-corrected chi connectivity index (χ1v) is 7.82. The van der Waals surface area contributed by atoms with Crippen molar-refractivity contribution in [1.82, 2.24) is 4.31 Å². The highest BCUT2D eigenvalue weighted by Gasteiger charge is 2.31. The quantitative estimate of drug-likeness (QED) is 0.892. The topological polar surface area (TPSA) is 70.8 Å². The average molecular weight is 340 g/mol. The maximum atomic E-state index is 12.4. The van der Waals surface area contributed by atoms with E-state index in [1.54, 1.807) is 0 Å². The van der Waals surface area contributed by atoms with Crippen molar-refractivity contribution in [3.63, 3.8) is 0 Å². The molecule has 0 amide bonds. The van der Waals surface area contributed by atoms with Gasteiger partial charge < -0.3 is 9.52 Å². The lowest BCUT2D eigenvalue weighted by Crippen LogP contribution is -2.38. The molecule has 1 aromatic heterocycles. The molecule has 7 heteroatoms. The second kappa shape index (κ2) is 5.73. The molecule has 0 aliphatic rings. The van der Waals surface area contributed by atoms with Gasteiger partial charge in [-0.15, -0.1) is 0 Å². The van der Waals surface area contributed by atoms with Crippen LogP contribution >= 0.6 is 15.9 Å². The Hall–Kier alpha value is -0.370. The van der Waals surface area contributed by atoms with Gasteiger partial charge in [-0.3, -0.25) is 0 Å². The summed E-state index contributed by atoms with van der Waals surface area (Å²) in [5, 5.41) is 8.95. The number of sulfonamides is 1. The second-order valence-electron chi connectivity index (χ2n) is 4.51. The van der Waals surface area contributed by atoms with Gasteiger partial charge in [0.15, 0.2) is 4.67 Å². The Kier molecular flexibility index (Phi) is 4.99. The van der Waals surface area contributed by atoms with E-state index in [0.29, 0.717) is 0 Å². The van der Waals surface area contributed by atoms with Gasteiger partial charge in [0.25, 0.3) is 0 Å². The molecule has 0 saturated carbocycles. The van der Waals surface area contributed by atoms with Crippen molar-refractivity contribution < 1.29 is 17.9 Å². The summed E-state index contributed by atoms with van der Waals surface area (Å²) >= 11 is 3.06. The van der Waals surface area contributed by atoms with Crippen LogP contribution in [0.2, 0.25) is 0 Å². The predicted octanol–water partition coefficient (Wildman–Crippen LogP) is 2.20. The lowest BCUT2D eigenvalue weighted by Gasteiger charge is -2.26. The monoisotopic (exact) mass is 339 g/mol. The summed E-state index contributed by atoms with van der Waals surface area (Å²) < 4.78 is 31.3. The number of furan rings is 1. The minimum absolute atomic E-state index is 0.0431. The highest BCUT2D eigenvalue weighted by Crippen LogP contribution is 2.29. The molecule has 1 N–H and O–H groups in total. The summed E-state index contributed by atoms with van der Waals surface area (Å²) in [5.74, 6) is 0.416. The molecule has 0 aliphatic carbocycles. The van der Waals surface area contributed by atoms with Gasteiger partial charge in [0, 0.05) is 19.2 Å².